The molecule has 1 aromatic carbocycles. The lowest BCUT2D eigenvalue weighted by molar-refractivity contribution is -0.138. The third-order valence-corrected chi connectivity index (χ3v) is 3.04. The van der Waals surface area contributed by atoms with E-state index in [0.29, 0.717) is 5.69 Å². The molecule has 0 bridgehead atoms. The van der Waals surface area contributed by atoms with Crippen LogP contribution in [0.2, 0.25) is 0 Å². The molecule has 1 aliphatic rings. The summed E-state index contributed by atoms with van der Waals surface area (Å²) in [4.78, 5) is 12.7. The van der Waals surface area contributed by atoms with Gasteiger partial charge in [0.2, 0.25) is 0 Å². The zero-order valence-corrected chi connectivity index (χ0v) is 9.40. The molecule has 0 radical (unpaired) electrons. The lowest BCUT2D eigenvalue weighted by Crippen LogP contribution is -2.22. The highest BCUT2D eigenvalue weighted by atomic mass is 19.1. The van der Waals surface area contributed by atoms with Crippen LogP contribution in [0.3, 0.4) is 0 Å². The van der Waals surface area contributed by atoms with Crippen LogP contribution in [0.15, 0.2) is 18.2 Å². The normalized spacial score (nSPS) is 17.2. The van der Waals surface area contributed by atoms with Gasteiger partial charge in [-0.2, -0.15) is 0 Å². The fraction of sp³-hybridized carbons (Fsp3) is 0.417. The first-order chi connectivity index (χ1) is 8.09. The van der Waals surface area contributed by atoms with E-state index in [1.165, 1.54) is 6.07 Å². The molecule has 4 nitrogen and oxygen atoms in total. The molecule has 0 aliphatic carbocycles. The zero-order valence-electron chi connectivity index (χ0n) is 9.40. The van der Waals surface area contributed by atoms with Gasteiger partial charge >= 0.3 is 5.97 Å². The van der Waals surface area contributed by atoms with E-state index < -0.39 is 17.8 Å². The molecule has 0 amide bonds. The standard InChI is InChI=1S/C12H15FN2O2/c13-9-7-8(11(14)12(16)17)3-4-10(9)15-5-1-2-6-15/h3-4,7,11H,1-2,5-6,14H2,(H,16,17). The van der Waals surface area contributed by atoms with Crippen LogP contribution >= 0.6 is 0 Å². The molecule has 2 rings (SSSR count). The molecule has 1 saturated heterocycles. The number of benzene rings is 1. The van der Waals surface area contributed by atoms with Crippen molar-refractivity contribution in [2.24, 2.45) is 5.73 Å². The Hall–Kier alpha value is -1.62. The number of rotatable bonds is 3. The molecule has 5 heteroatoms. The Bertz CT molecular complexity index is 431. The average Bonchev–Trinajstić information content (AvgIpc) is 2.81. The fourth-order valence-electron chi connectivity index (χ4n) is 2.07. The number of anilines is 1. The molecule has 0 spiro atoms. The molecule has 1 aliphatic heterocycles. The maximum absolute atomic E-state index is 13.8. The first-order valence-electron chi connectivity index (χ1n) is 5.62. The van der Waals surface area contributed by atoms with Crippen LogP contribution in [-0.4, -0.2) is 24.2 Å². The van der Waals surface area contributed by atoms with Crippen LogP contribution in [0.5, 0.6) is 0 Å². The first kappa shape index (κ1) is 11.9. The minimum Gasteiger partial charge on any atom is -0.480 e. The number of carboxylic acids is 1. The third kappa shape index (κ3) is 2.39. The van der Waals surface area contributed by atoms with Crippen molar-refractivity contribution in [3.63, 3.8) is 0 Å². The molecule has 1 fully saturated rings. The second-order valence-electron chi connectivity index (χ2n) is 4.22. The van der Waals surface area contributed by atoms with E-state index in [-0.39, 0.29) is 5.56 Å². The molecule has 17 heavy (non-hydrogen) atoms. The van der Waals surface area contributed by atoms with Gasteiger partial charge < -0.3 is 15.7 Å². The summed E-state index contributed by atoms with van der Waals surface area (Å²) in [5.41, 5.74) is 6.25. The topological polar surface area (TPSA) is 66.6 Å². The SMILES string of the molecule is NC(C(=O)O)c1ccc(N2CCCC2)c(F)c1. The van der Waals surface area contributed by atoms with Gasteiger partial charge in [0.15, 0.2) is 0 Å². The van der Waals surface area contributed by atoms with Gasteiger partial charge in [-0.3, -0.25) is 4.79 Å². The zero-order chi connectivity index (χ0) is 12.4. The Balaban J connectivity index is 2.25. The van der Waals surface area contributed by atoms with Crippen molar-refractivity contribution in [1.82, 2.24) is 0 Å². The maximum atomic E-state index is 13.8. The van der Waals surface area contributed by atoms with Crippen LogP contribution in [0.1, 0.15) is 24.4 Å². The van der Waals surface area contributed by atoms with E-state index in [2.05, 4.69) is 0 Å². The molecule has 0 saturated carbocycles. The highest BCUT2D eigenvalue weighted by Crippen LogP contribution is 2.25. The van der Waals surface area contributed by atoms with Gasteiger partial charge in [0.05, 0.1) is 5.69 Å². The monoisotopic (exact) mass is 238 g/mol. The van der Waals surface area contributed by atoms with Crippen molar-refractivity contribution >= 4 is 11.7 Å². The molecule has 3 N–H and O–H groups in total. The lowest BCUT2D eigenvalue weighted by atomic mass is 10.1. The van der Waals surface area contributed by atoms with Crippen molar-refractivity contribution in [1.29, 1.82) is 0 Å². The number of nitrogens with zero attached hydrogens (tertiary/aromatic N) is 1. The van der Waals surface area contributed by atoms with Crippen molar-refractivity contribution in [2.75, 3.05) is 18.0 Å². The number of halogens is 1. The number of hydrogen-bond donors (Lipinski definition) is 2. The van der Waals surface area contributed by atoms with Crippen molar-refractivity contribution in [3.05, 3.63) is 29.6 Å². The van der Waals surface area contributed by atoms with Crippen molar-refractivity contribution in [3.8, 4) is 0 Å². The Morgan fingerprint density at radius 2 is 2.06 bits per heavy atom. The third-order valence-electron chi connectivity index (χ3n) is 3.04. The fourth-order valence-corrected chi connectivity index (χ4v) is 2.07. The highest BCUT2D eigenvalue weighted by Gasteiger charge is 2.19. The number of carboxylic acid groups (broad SMARTS) is 1. The van der Waals surface area contributed by atoms with Gasteiger partial charge in [0, 0.05) is 13.1 Å². The Kier molecular flexibility index (Phi) is 3.28. The van der Waals surface area contributed by atoms with E-state index in [1.807, 2.05) is 4.90 Å². The summed E-state index contributed by atoms with van der Waals surface area (Å²) in [5.74, 6) is -1.56. The molecule has 92 valence electrons. The smallest absolute Gasteiger partial charge is 0.325 e. The second kappa shape index (κ2) is 4.71. The number of carbonyl (C=O) groups is 1. The molecule has 0 aromatic heterocycles. The van der Waals surface area contributed by atoms with Crippen LogP contribution in [0.4, 0.5) is 10.1 Å². The largest absolute Gasteiger partial charge is 0.480 e. The summed E-state index contributed by atoms with van der Waals surface area (Å²) in [6, 6.07) is 3.23. The summed E-state index contributed by atoms with van der Waals surface area (Å²) < 4.78 is 13.8. The van der Waals surface area contributed by atoms with Gasteiger partial charge in [0.1, 0.15) is 11.9 Å². The highest BCUT2D eigenvalue weighted by molar-refractivity contribution is 5.75. The average molecular weight is 238 g/mol. The molecular weight excluding hydrogens is 223 g/mol. The van der Waals surface area contributed by atoms with Crippen LogP contribution in [0.25, 0.3) is 0 Å². The van der Waals surface area contributed by atoms with E-state index in [4.69, 9.17) is 10.8 Å². The summed E-state index contributed by atoms with van der Waals surface area (Å²) in [5, 5.41) is 8.75. The Morgan fingerprint density at radius 3 is 2.59 bits per heavy atom. The maximum Gasteiger partial charge on any atom is 0.325 e. The van der Waals surface area contributed by atoms with Gasteiger partial charge in [-0.05, 0) is 30.5 Å². The Morgan fingerprint density at radius 1 is 1.41 bits per heavy atom. The quantitative estimate of drug-likeness (QED) is 0.837. The van der Waals surface area contributed by atoms with Gasteiger partial charge in [0.25, 0.3) is 0 Å². The van der Waals surface area contributed by atoms with Gasteiger partial charge in [-0.1, -0.05) is 6.07 Å². The lowest BCUT2D eigenvalue weighted by Gasteiger charge is -2.19. The predicted molar refractivity (Wildman–Crippen MR) is 62.4 cm³/mol. The summed E-state index contributed by atoms with van der Waals surface area (Å²) in [6.07, 6.45) is 2.13. The Labute approximate surface area is 98.8 Å². The van der Waals surface area contributed by atoms with E-state index >= 15 is 0 Å². The second-order valence-corrected chi connectivity index (χ2v) is 4.22. The van der Waals surface area contributed by atoms with Crippen LogP contribution in [0, 0.1) is 5.82 Å². The molecule has 1 heterocycles. The predicted octanol–water partition coefficient (Wildman–Crippen LogP) is 1.51. The summed E-state index contributed by atoms with van der Waals surface area (Å²) in [7, 11) is 0. The minimum atomic E-state index is -1.17. The van der Waals surface area contributed by atoms with Crippen molar-refractivity contribution < 1.29 is 14.3 Å². The van der Waals surface area contributed by atoms with Crippen LogP contribution < -0.4 is 10.6 Å². The summed E-state index contributed by atoms with van der Waals surface area (Å²) >= 11 is 0. The summed E-state index contributed by atoms with van der Waals surface area (Å²) in [6.45, 7) is 1.70. The van der Waals surface area contributed by atoms with E-state index in [9.17, 15) is 9.18 Å². The van der Waals surface area contributed by atoms with Gasteiger partial charge in [-0.25, -0.2) is 4.39 Å². The molecule has 1 atom stereocenters. The van der Waals surface area contributed by atoms with Gasteiger partial charge in [-0.15, -0.1) is 0 Å². The number of hydrogen-bond acceptors (Lipinski definition) is 3. The first-order valence-corrected chi connectivity index (χ1v) is 5.62. The number of aliphatic carboxylic acids is 1. The molecule has 1 unspecified atom stereocenters. The van der Waals surface area contributed by atoms with E-state index in [0.717, 1.165) is 25.9 Å². The van der Waals surface area contributed by atoms with E-state index in [1.54, 1.807) is 12.1 Å². The molecular formula is C12H15FN2O2. The molecule has 1 aromatic rings. The van der Waals surface area contributed by atoms with Crippen LogP contribution in [-0.2, 0) is 4.79 Å². The minimum absolute atomic E-state index is 0.290. The van der Waals surface area contributed by atoms with Crippen molar-refractivity contribution in [2.45, 2.75) is 18.9 Å². The number of nitrogens with two attached hydrogens (primary N) is 1.